The summed E-state index contributed by atoms with van der Waals surface area (Å²) < 4.78 is 3.22. The van der Waals surface area contributed by atoms with Crippen molar-refractivity contribution in [2.45, 2.75) is 33.1 Å². The quantitative estimate of drug-likeness (QED) is 0.581. The van der Waals surface area contributed by atoms with E-state index >= 15 is 0 Å². The van der Waals surface area contributed by atoms with Gasteiger partial charge in [-0.05, 0) is 46.0 Å². The first-order valence-electron chi connectivity index (χ1n) is 7.11. The molecule has 0 fully saturated rings. The summed E-state index contributed by atoms with van der Waals surface area (Å²) in [4.78, 5) is 4.72. The normalized spacial score (nSPS) is 12.0. The Morgan fingerprint density at radius 2 is 1.67 bits per heavy atom. The summed E-state index contributed by atoms with van der Waals surface area (Å²) in [6.07, 6.45) is 2.10. The second-order valence-corrected chi connectivity index (χ2v) is 7.30. The van der Waals surface area contributed by atoms with Crippen LogP contribution in [0.2, 0.25) is 0 Å². The fourth-order valence-corrected chi connectivity index (χ4v) is 2.77. The predicted molar refractivity (Wildman–Crippen MR) is 91.8 cm³/mol. The molecular weight excluding hydrogens is 324 g/mol. The molecule has 0 aliphatic rings. The number of aryl methyl sites for hydroxylation is 1. The molecule has 2 nitrogen and oxygen atoms in total. The molecule has 0 saturated heterocycles. The Kier molecular flexibility index (Phi) is 3.40. The molecule has 2 aromatic heterocycles. The summed E-state index contributed by atoms with van der Waals surface area (Å²) in [5, 5.41) is 0. The van der Waals surface area contributed by atoms with Crippen molar-refractivity contribution in [3.8, 4) is 11.3 Å². The molecule has 1 aromatic carbocycles. The first-order valence-corrected chi connectivity index (χ1v) is 7.91. The van der Waals surface area contributed by atoms with Gasteiger partial charge < -0.3 is 4.40 Å². The molecule has 0 amide bonds. The minimum atomic E-state index is 0.179. The maximum atomic E-state index is 4.72. The third kappa shape index (κ3) is 2.62. The molecule has 3 rings (SSSR count). The Balaban J connectivity index is 2.06. The summed E-state index contributed by atoms with van der Waals surface area (Å²) in [5.41, 5.74) is 5.83. The first kappa shape index (κ1) is 14.3. The molecule has 0 unspecified atom stereocenters. The van der Waals surface area contributed by atoms with Crippen molar-refractivity contribution in [3.05, 3.63) is 58.3 Å². The Labute approximate surface area is 134 Å². The smallest absolute Gasteiger partial charge is 0.137 e. The van der Waals surface area contributed by atoms with E-state index < -0.39 is 0 Å². The zero-order valence-electron chi connectivity index (χ0n) is 12.8. The lowest BCUT2D eigenvalue weighted by Crippen LogP contribution is -2.10. The van der Waals surface area contributed by atoms with Gasteiger partial charge in [0.15, 0.2) is 0 Å². The lowest BCUT2D eigenvalue weighted by Gasteiger charge is -2.18. The van der Waals surface area contributed by atoms with Crippen molar-refractivity contribution >= 4 is 21.6 Å². The van der Waals surface area contributed by atoms with E-state index in [4.69, 9.17) is 4.98 Å². The van der Waals surface area contributed by atoms with Crippen molar-refractivity contribution in [1.29, 1.82) is 0 Å². The number of benzene rings is 1. The topological polar surface area (TPSA) is 17.3 Å². The highest BCUT2D eigenvalue weighted by Gasteiger charge is 2.14. The van der Waals surface area contributed by atoms with Crippen LogP contribution in [0.25, 0.3) is 16.9 Å². The number of aromatic nitrogens is 2. The molecule has 0 aliphatic carbocycles. The second-order valence-electron chi connectivity index (χ2n) is 6.45. The second kappa shape index (κ2) is 4.99. The van der Waals surface area contributed by atoms with Gasteiger partial charge >= 0.3 is 0 Å². The van der Waals surface area contributed by atoms with E-state index in [2.05, 4.69) is 78.5 Å². The van der Waals surface area contributed by atoms with E-state index in [-0.39, 0.29) is 5.41 Å². The molecule has 0 bridgehead atoms. The van der Waals surface area contributed by atoms with Crippen LogP contribution in [0.3, 0.4) is 0 Å². The Hall–Kier alpha value is -1.61. The van der Waals surface area contributed by atoms with Gasteiger partial charge in [0, 0.05) is 21.9 Å². The van der Waals surface area contributed by atoms with Crippen LogP contribution in [-0.4, -0.2) is 9.38 Å². The third-order valence-electron chi connectivity index (χ3n) is 3.87. The van der Waals surface area contributed by atoms with Gasteiger partial charge in [0.25, 0.3) is 0 Å². The van der Waals surface area contributed by atoms with Gasteiger partial charge in [0.1, 0.15) is 5.65 Å². The number of fused-ring (bicyclic) bond motifs is 1. The van der Waals surface area contributed by atoms with Crippen LogP contribution in [-0.2, 0) is 5.41 Å². The monoisotopic (exact) mass is 342 g/mol. The molecule has 0 N–H and O–H groups in total. The minimum absolute atomic E-state index is 0.179. The Morgan fingerprint density at radius 1 is 1.00 bits per heavy atom. The molecule has 21 heavy (non-hydrogen) atoms. The summed E-state index contributed by atoms with van der Waals surface area (Å²) in [5.74, 6) is 0. The van der Waals surface area contributed by atoms with Crippen LogP contribution in [0.4, 0.5) is 0 Å². The Morgan fingerprint density at radius 3 is 2.29 bits per heavy atom. The standard InChI is InChI=1S/C18H19BrN2/c1-12-15(19)9-10-17-20-16(11-21(12)17)13-5-7-14(8-6-13)18(2,3)4/h5-11H,1-4H3. The van der Waals surface area contributed by atoms with E-state index in [1.807, 2.05) is 12.1 Å². The molecular formula is C18H19BrN2. The van der Waals surface area contributed by atoms with E-state index in [1.54, 1.807) is 0 Å². The lowest BCUT2D eigenvalue weighted by molar-refractivity contribution is 0.590. The fourth-order valence-electron chi connectivity index (χ4n) is 2.44. The summed E-state index contributed by atoms with van der Waals surface area (Å²) in [6, 6.07) is 12.8. The summed E-state index contributed by atoms with van der Waals surface area (Å²) >= 11 is 3.56. The third-order valence-corrected chi connectivity index (χ3v) is 4.70. The number of pyridine rings is 1. The number of hydrogen-bond acceptors (Lipinski definition) is 1. The number of imidazole rings is 1. The van der Waals surface area contributed by atoms with Gasteiger partial charge in [-0.3, -0.25) is 0 Å². The maximum Gasteiger partial charge on any atom is 0.137 e. The maximum absolute atomic E-state index is 4.72. The van der Waals surface area contributed by atoms with Crippen LogP contribution in [0.1, 0.15) is 32.0 Å². The summed E-state index contributed by atoms with van der Waals surface area (Å²) in [7, 11) is 0. The molecule has 0 saturated carbocycles. The SMILES string of the molecule is Cc1c(Br)ccc2nc(-c3ccc(C(C)(C)C)cc3)cn12. The highest BCUT2D eigenvalue weighted by molar-refractivity contribution is 9.10. The average molecular weight is 343 g/mol. The number of nitrogens with zero attached hydrogens (tertiary/aromatic N) is 2. The van der Waals surface area contributed by atoms with Crippen molar-refractivity contribution in [2.24, 2.45) is 0 Å². The van der Waals surface area contributed by atoms with Crippen LogP contribution in [0.5, 0.6) is 0 Å². The van der Waals surface area contributed by atoms with E-state index in [0.717, 1.165) is 27.1 Å². The zero-order valence-corrected chi connectivity index (χ0v) is 14.4. The molecule has 0 aliphatic heterocycles. The Bertz CT molecular complexity index is 792. The summed E-state index contributed by atoms with van der Waals surface area (Å²) in [6.45, 7) is 8.78. The zero-order chi connectivity index (χ0) is 15.2. The van der Waals surface area contributed by atoms with Crippen molar-refractivity contribution in [2.75, 3.05) is 0 Å². The lowest BCUT2D eigenvalue weighted by atomic mass is 9.86. The van der Waals surface area contributed by atoms with Crippen LogP contribution in [0.15, 0.2) is 47.1 Å². The molecule has 3 aromatic rings. The van der Waals surface area contributed by atoms with E-state index in [0.29, 0.717) is 0 Å². The highest BCUT2D eigenvalue weighted by atomic mass is 79.9. The van der Waals surface area contributed by atoms with E-state index in [1.165, 1.54) is 5.56 Å². The molecule has 0 spiro atoms. The molecule has 0 atom stereocenters. The van der Waals surface area contributed by atoms with Crippen LogP contribution >= 0.6 is 15.9 Å². The molecule has 3 heteroatoms. The average Bonchev–Trinajstić information content (AvgIpc) is 2.87. The fraction of sp³-hybridized carbons (Fsp3) is 0.278. The van der Waals surface area contributed by atoms with Gasteiger partial charge in [-0.2, -0.15) is 0 Å². The van der Waals surface area contributed by atoms with Crippen LogP contribution in [0, 0.1) is 6.92 Å². The van der Waals surface area contributed by atoms with Crippen LogP contribution < -0.4 is 0 Å². The minimum Gasteiger partial charge on any atom is -0.303 e. The first-order chi connectivity index (χ1) is 9.86. The highest BCUT2D eigenvalue weighted by Crippen LogP contribution is 2.27. The van der Waals surface area contributed by atoms with Crippen molar-refractivity contribution in [3.63, 3.8) is 0 Å². The van der Waals surface area contributed by atoms with Crippen molar-refractivity contribution < 1.29 is 0 Å². The van der Waals surface area contributed by atoms with Gasteiger partial charge in [0.05, 0.1) is 5.69 Å². The van der Waals surface area contributed by atoms with Gasteiger partial charge in [-0.15, -0.1) is 0 Å². The largest absolute Gasteiger partial charge is 0.303 e. The number of rotatable bonds is 1. The molecule has 2 heterocycles. The van der Waals surface area contributed by atoms with Gasteiger partial charge in [-0.25, -0.2) is 4.98 Å². The number of halogens is 1. The molecule has 0 radical (unpaired) electrons. The number of hydrogen-bond donors (Lipinski definition) is 0. The molecule has 108 valence electrons. The van der Waals surface area contributed by atoms with Gasteiger partial charge in [-0.1, -0.05) is 45.0 Å². The van der Waals surface area contributed by atoms with Crippen molar-refractivity contribution in [1.82, 2.24) is 9.38 Å². The van der Waals surface area contributed by atoms with Gasteiger partial charge in [0.2, 0.25) is 0 Å². The predicted octanol–water partition coefficient (Wildman–Crippen LogP) is 5.37. The van der Waals surface area contributed by atoms with E-state index in [9.17, 15) is 0 Å².